The van der Waals surface area contributed by atoms with Crippen LogP contribution in [0.1, 0.15) is 17.2 Å². The van der Waals surface area contributed by atoms with Gasteiger partial charge in [0.2, 0.25) is 5.82 Å². The van der Waals surface area contributed by atoms with E-state index in [1.807, 2.05) is 0 Å². The summed E-state index contributed by atoms with van der Waals surface area (Å²) in [7, 11) is 1.57. The van der Waals surface area contributed by atoms with Crippen molar-refractivity contribution in [1.82, 2.24) is 4.98 Å². The number of aryl methyl sites for hydroxylation is 1. The highest BCUT2D eigenvalue weighted by Gasteiger charge is 2.19. The van der Waals surface area contributed by atoms with Crippen LogP contribution in [0.3, 0.4) is 0 Å². The molecule has 22 heavy (non-hydrogen) atoms. The topological polar surface area (TPSA) is 97.5 Å². The third kappa shape index (κ3) is 3.50. The Hall–Kier alpha value is -2.67. The molecule has 0 unspecified atom stereocenters. The fourth-order valence-electron chi connectivity index (χ4n) is 2.04. The molecule has 2 aromatic rings. The number of aliphatic hydroxyl groups excluding tert-OH is 1. The van der Waals surface area contributed by atoms with E-state index in [4.69, 9.17) is 4.74 Å². The average molecular weight is 303 g/mol. The molecule has 0 amide bonds. The molecule has 2 N–H and O–H groups in total. The van der Waals surface area contributed by atoms with E-state index in [-0.39, 0.29) is 18.1 Å². The second-order valence-electron chi connectivity index (χ2n) is 4.79. The van der Waals surface area contributed by atoms with Crippen molar-refractivity contribution in [2.45, 2.75) is 13.0 Å². The minimum Gasteiger partial charge on any atom is -0.497 e. The van der Waals surface area contributed by atoms with Crippen molar-refractivity contribution in [3.63, 3.8) is 0 Å². The minimum atomic E-state index is -0.500. The Bertz CT molecular complexity index is 658. The number of pyridine rings is 1. The highest BCUT2D eigenvalue weighted by Crippen LogP contribution is 2.27. The Morgan fingerprint density at radius 2 is 2.09 bits per heavy atom. The van der Waals surface area contributed by atoms with Gasteiger partial charge in [0.15, 0.2) is 0 Å². The first-order valence-corrected chi connectivity index (χ1v) is 6.67. The van der Waals surface area contributed by atoms with Crippen molar-refractivity contribution in [3.05, 3.63) is 57.8 Å². The summed E-state index contributed by atoms with van der Waals surface area (Å²) in [6, 6.07) is 8.03. The summed E-state index contributed by atoms with van der Waals surface area (Å²) in [6.07, 6.45) is 1.54. The zero-order valence-electron chi connectivity index (χ0n) is 12.3. The molecule has 1 aromatic heterocycles. The zero-order chi connectivity index (χ0) is 16.1. The standard InChI is InChI=1S/C15H17N3O4/c1-10-7-14(18(20)21)15(16-8-10)17-13(9-19)11-3-5-12(22-2)6-4-11/h3-8,13,19H,9H2,1-2H3,(H,16,17)/t13-/m1/s1. The third-order valence-corrected chi connectivity index (χ3v) is 3.21. The second kappa shape index (κ2) is 6.86. The summed E-state index contributed by atoms with van der Waals surface area (Å²) in [6.45, 7) is 1.51. The van der Waals surface area contributed by atoms with Crippen molar-refractivity contribution < 1.29 is 14.8 Å². The number of rotatable bonds is 6. The first-order valence-electron chi connectivity index (χ1n) is 6.67. The molecule has 1 atom stereocenters. The zero-order valence-corrected chi connectivity index (χ0v) is 12.3. The van der Waals surface area contributed by atoms with Crippen LogP contribution in [-0.4, -0.2) is 28.7 Å². The Morgan fingerprint density at radius 1 is 1.41 bits per heavy atom. The molecule has 1 aromatic carbocycles. The maximum atomic E-state index is 11.1. The molecule has 116 valence electrons. The van der Waals surface area contributed by atoms with E-state index in [2.05, 4.69) is 10.3 Å². The van der Waals surface area contributed by atoms with Crippen molar-refractivity contribution in [3.8, 4) is 5.75 Å². The Balaban J connectivity index is 2.28. The van der Waals surface area contributed by atoms with Gasteiger partial charge >= 0.3 is 5.69 Å². The predicted molar refractivity (Wildman–Crippen MR) is 82.1 cm³/mol. The van der Waals surface area contributed by atoms with E-state index in [0.29, 0.717) is 11.3 Å². The van der Waals surface area contributed by atoms with Crippen molar-refractivity contribution in [2.24, 2.45) is 0 Å². The van der Waals surface area contributed by atoms with Gasteiger partial charge in [-0.2, -0.15) is 0 Å². The van der Waals surface area contributed by atoms with Crippen LogP contribution in [0.5, 0.6) is 5.75 Å². The molecule has 1 heterocycles. The van der Waals surface area contributed by atoms with Crippen LogP contribution >= 0.6 is 0 Å². The van der Waals surface area contributed by atoms with E-state index >= 15 is 0 Å². The van der Waals surface area contributed by atoms with Crippen LogP contribution in [0.25, 0.3) is 0 Å². The summed E-state index contributed by atoms with van der Waals surface area (Å²) < 4.78 is 5.08. The lowest BCUT2D eigenvalue weighted by Crippen LogP contribution is -2.16. The van der Waals surface area contributed by atoms with Gasteiger partial charge < -0.3 is 15.2 Å². The molecule has 0 radical (unpaired) electrons. The van der Waals surface area contributed by atoms with E-state index in [0.717, 1.165) is 5.56 Å². The SMILES string of the molecule is COc1ccc([C@@H](CO)Nc2ncc(C)cc2[N+](=O)[O-])cc1. The highest BCUT2D eigenvalue weighted by molar-refractivity contribution is 5.57. The molecule has 7 nitrogen and oxygen atoms in total. The van der Waals surface area contributed by atoms with Gasteiger partial charge in [-0.05, 0) is 30.2 Å². The number of nitrogens with zero attached hydrogens (tertiary/aromatic N) is 2. The highest BCUT2D eigenvalue weighted by atomic mass is 16.6. The van der Waals surface area contributed by atoms with Gasteiger partial charge in [0.1, 0.15) is 5.75 Å². The summed E-state index contributed by atoms with van der Waals surface area (Å²) in [4.78, 5) is 14.7. The lowest BCUT2D eigenvalue weighted by Gasteiger charge is -2.17. The Morgan fingerprint density at radius 3 is 2.64 bits per heavy atom. The summed E-state index contributed by atoms with van der Waals surface area (Å²) in [5, 5.41) is 23.6. The number of ether oxygens (including phenoxy) is 1. The fourth-order valence-corrected chi connectivity index (χ4v) is 2.04. The fraction of sp³-hybridized carbons (Fsp3) is 0.267. The van der Waals surface area contributed by atoms with Crippen LogP contribution in [0.15, 0.2) is 36.5 Å². The molecule has 0 fully saturated rings. The van der Waals surface area contributed by atoms with Crippen molar-refractivity contribution in [1.29, 1.82) is 0 Å². The van der Waals surface area contributed by atoms with Gasteiger partial charge in [0.05, 0.1) is 24.7 Å². The third-order valence-electron chi connectivity index (χ3n) is 3.21. The average Bonchev–Trinajstić information content (AvgIpc) is 2.53. The van der Waals surface area contributed by atoms with E-state index < -0.39 is 11.0 Å². The first kappa shape index (κ1) is 15.7. The summed E-state index contributed by atoms with van der Waals surface area (Å²) in [5.41, 5.74) is 1.36. The van der Waals surface area contributed by atoms with E-state index in [9.17, 15) is 15.2 Å². The van der Waals surface area contributed by atoms with Gasteiger partial charge in [-0.1, -0.05) is 12.1 Å². The van der Waals surface area contributed by atoms with Gasteiger partial charge in [0, 0.05) is 12.3 Å². The molecular weight excluding hydrogens is 286 g/mol. The lowest BCUT2D eigenvalue weighted by molar-refractivity contribution is -0.384. The molecular formula is C15H17N3O4. The second-order valence-corrected chi connectivity index (χ2v) is 4.79. The number of benzene rings is 1. The molecule has 2 rings (SSSR count). The monoisotopic (exact) mass is 303 g/mol. The number of aliphatic hydroxyl groups is 1. The van der Waals surface area contributed by atoms with E-state index in [1.54, 1.807) is 38.3 Å². The molecule has 0 aliphatic rings. The van der Waals surface area contributed by atoms with Crippen molar-refractivity contribution >= 4 is 11.5 Å². The number of methoxy groups -OCH3 is 1. The summed E-state index contributed by atoms with van der Waals surface area (Å²) in [5.74, 6) is 0.824. The van der Waals surface area contributed by atoms with Crippen LogP contribution in [0.2, 0.25) is 0 Å². The minimum absolute atomic E-state index is 0.119. The largest absolute Gasteiger partial charge is 0.497 e. The number of hydrogen-bond donors (Lipinski definition) is 2. The Labute approximate surface area is 127 Å². The molecule has 0 aliphatic heterocycles. The number of anilines is 1. The number of hydrogen-bond acceptors (Lipinski definition) is 6. The van der Waals surface area contributed by atoms with Crippen molar-refractivity contribution in [2.75, 3.05) is 19.0 Å². The van der Waals surface area contributed by atoms with Crippen LogP contribution < -0.4 is 10.1 Å². The molecule has 7 heteroatoms. The quantitative estimate of drug-likeness (QED) is 0.628. The van der Waals surface area contributed by atoms with Crippen LogP contribution in [0, 0.1) is 17.0 Å². The van der Waals surface area contributed by atoms with Gasteiger partial charge in [-0.25, -0.2) is 4.98 Å². The maximum absolute atomic E-state index is 11.1. The molecule has 0 saturated heterocycles. The molecule has 0 spiro atoms. The normalized spacial score (nSPS) is 11.8. The van der Waals surface area contributed by atoms with Crippen LogP contribution in [0.4, 0.5) is 11.5 Å². The Kier molecular flexibility index (Phi) is 4.90. The van der Waals surface area contributed by atoms with Gasteiger partial charge in [-0.15, -0.1) is 0 Å². The number of nitro groups is 1. The number of nitrogens with one attached hydrogen (secondary N) is 1. The number of aromatic nitrogens is 1. The van der Waals surface area contributed by atoms with Gasteiger partial charge in [-0.3, -0.25) is 10.1 Å². The molecule has 0 aliphatic carbocycles. The van der Waals surface area contributed by atoms with Crippen LogP contribution in [-0.2, 0) is 0 Å². The molecule has 0 saturated carbocycles. The lowest BCUT2D eigenvalue weighted by atomic mass is 10.1. The van der Waals surface area contributed by atoms with E-state index in [1.165, 1.54) is 12.3 Å². The predicted octanol–water partition coefficient (Wildman–Crippen LogP) is 2.45. The maximum Gasteiger partial charge on any atom is 0.311 e. The van der Waals surface area contributed by atoms with Gasteiger partial charge in [0.25, 0.3) is 0 Å². The summed E-state index contributed by atoms with van der Waals surface area (Å²) >= 11 is 0. The molecule has 0 bridgehead atoms. The first-order chi connectivity index (χ1) is 10.5. The smallest absolute Gasteiger partial charge is 0.311 e.